The molecular weight excluding hydrogens is 290 g/mol. The van der Waals surface area contributed by atoms with Crippen LogP contribution in [0.3, 0.4) is 0 Å². The first kappa shape index (κ1) is 16.0. The quantitative estimate of drug-likeness (QED) is 0.788. The lowest BCUT2D eigenvalue weighted by Gasteiger charge is -2.55. The zero-order chi connectivity index (χ0) is 16.6. The Morgan fingerprint density at radius 3 is 2.35 bits per heavy atom. The SMILES string of the molecule is CC(=O)N1CC2CN(C(=O)c3ccccc3)CCN2C(C)(C)C1. The predicted molar refractivity (Wildman–Crippen MR) is 89.2 cm³/mol. The number of benzene rings is 1. The molecule has 5 heteroatoms. The van der Waals surface area contributed by atoms with Gasteiger partial charge in [-0.1, -0.05) is 18.2 Å². The summed E-state index contributed by atoms with van der Waals surface area (Å²) in [5.74, 6) is 0.201. The molecule has 0 saturated carbocycles. The van der Waals surface area contributed by atoms with E-state index in [0.29, 0.717) is 13.1 Å². The number of hydrogen-bond donors (Lipinski definition) is 0. The molecule has 0 aromatic heterocycles. The second kappa shape index (κ2) is 5.96. The van der Waals surface area contributed by atoms with Gasteiger partial charge in [-0.05, 0) is 26.0 Å². The fraction of sp³-hybridized carbons (Fsp3) is 0.556. The summed E-state index contributed by atoms with van der Waals surface area (Å²) in [6.45, 7) is 9.74. The second-order valence-electron chi connectivity index (χ2n) is 7.18. The topological polar surface area (TPSA) is 43.9 Å². The van der Waals surface area contributed by atoms with Crippen LogP contribution in [-0.2, 0) is 4.79 Å². The first-order valence-electron chi connectivity index (χ1n) is 8.25. The van der Waals surface area contributed by atoms with Crippen molar-refractivity contribution in [2.75, 3.05) is 32.7 Å². The molecule has 2 aliphatic rings. The number of rotatable bonds is 1. The lowest BCUT2D eigenvalue weighted by atomic mass is 9.92. The molecule has 0 N–H and O–H groups in total. The van der Waals surface area contributed by atoms with Crippen molar-refractivity contribution in [2.45, 2.75) is 32.4 Å². The molecule has 124 valence electrons. The van der Waals surface area contributed by atoms with Crippen LogP contribution < -0.4 is 0 Å². The summed E-state index contributed by atoms with van der Waals surface area (Å²) in [5.41, 5.74) is 0.690. The van der Waals surface area contributed by atoms with Gasteiger partial charge in [0.1, 0.15) is 0 Å². The van der Waals surface area contributed by atoms with E-state index in [0.717, 1.165) is 25.2 Å². The van der Waals surface area contributed by atoms with Gasteiger partial charge in [0.15, 0.2) is 0 Å². The molecule has 3 rings (SSSR count). The summed E-state index contributed by atoms with van der Waals surface area (Å²) in [4.78, 5) is 30.8. The normalized spacial score (nSPS) is 24.2. The summed E-state index contributed by atoms with van der Waals surface area (Å²) in [6.07, 6.45) is 0. The van der Waals surface area contributed by atoms with Crippen LogP contribution in [0.15, 0.2) is 30.3 Å². The molecule has 2 saturated heterocycles. The summed E-state index contributed by atoms with van der Waals surface area (Å²) < 4.78 is 0. The van der Waals surface area contributed by atoms with Crippen LogP contribution in [0.5, 0.6) is 0 Å². The average Bonchev–Trinajstić information content (AvgIpc) is 2.53. The van der Waals surface area contributed by atoms with Gasteiger partial charge < -0.3 is 9.80 Å². The molecule has 2 amide bonds. The van der Waals surface area contributed by atoms with Gasteiger partial charge in [-0.15, -0.1) is 0 Å². The highest BCUT2D eigenvalue weighted by Gasteiger charge is 2.43. The van der Waals surface area contributed by atoms with E-state index in [2.05, 4.69) is 18.7 Å². The fourth-order valence-corrected chi connectivity index (χ4v) is 3.87. The first-order valence-corrected chi connectivity index (χ1v) is 8.25. The van der Waals surface area contributed by atoms with E-state index in [1.165, 1.54) is 0 Å². The lowest BCUT2D eigenvalue weighted by Crippen LogP contribution is -2.70. The summed E-state index contributed by atoms with van der Waals surface area (Å²) in [5, 5.41) is 0. The van der Waals surface area contributed by atoms with Crippen LogP contribution in [-0.4, -0.2) is 70.8 Å². The van der Waals surface area contributed by atoms with Crippen molar-refractivity contribution >= 4 is 11.8 Å². The molecule has 2 aliphatic heterocycles. The fourth-order valence-electron chi connectivity index (χ4n) is 3.87. The first-order chi connectivity index (χ1) is 10.9. The van der Waals surface area contributed by atoms with E-state index in [1.807, 2.05) is 40.1 Å². The molecule has 23 heavy (non-hydrogen) atoms. The highest BCUT2D eigenvalue weighted by atomic mass is 16.2. The third kappa shape index (κ3) is 3.11. The predicted octanol–water partition coefficient (Wildman–Crippen LogP) is 1.45. The Hall–Kier alpha value is -1.88. The Morgan fingerprint density at radius 2 is 1.70 bits per heavy atom. The zero-order valence-electron chi connectivity index (χ0n) is 14.2. The maximum absolute atomic E-state index is 12.7. The van der Waals surface area contributed by atoms with Crippen LogP contribution in [0.1, 0.15) is 31.1 Å². The van der Waals surface area contributed by atoms with Crippen LogP contribution in [0.4, 0.5) is 0 Å². The van der Waals surface area contributed by atoms with Gasteiger partial charge in [0.25, 0.3) is 5.91 Å². The molecular formula is C18H25N3O2. The van der Waals surface area contributed by atoms with E-state index in [1.54, 1.807) is 6.92 Å². The molecule has 1 unspecified atom stereocenters. The average molecular weight is 315 g/mol. The van der Waals surface area contributed by atoms with Crippen molar-refractivity contribution in [3.63, 3.8) is 0 Å². The Bertz CT molecular complexity index is 600. The molecule has 2 heterocycles. The number of nitrogens with zero attached hydrogens (tertiary/aromatic N) is 3. The van der Waals surface area contributed by atoms with Crippen molar-refractivity contribution in [3.05, 3.63) is 35.9 Å². The largest absolute Gasteiger partial charge is 0.339 e. The smallest absolute Gasteiger partial charge is 0.253 e. The standard InChI is InChI=1S/C18H25N3O2/c1-14(22)20-12-16-11-19(9-10-21(16)18(2,3)13-20)17(23)15-7-5-4-6-8-15/h4-8,16H,9-13H2,1-3H3. The Kier molecular flexibility index (Phi) is 4.15. The van der Waals surface area contributed by atoms with Gasteiger partial charge in [0.2, 0.25) is 5.91 Å². The number of fused-ring (bicyclic) bond motifs is 1. The molecule has 5 nitrogen and oxygen atoms in total. The van der Waals surface area contributed by atoms with Crippen molar-refractivity contribution in [2.24, 2.45) is 0 Å². The van der Waals surface area contributed by atoms with Crippen molar-refractivity contribution in [1.82, 2.24) is 14.7 Å². The number of amides is 2. The molecule has 0 radical (unpaired) electrons. The Labute approximate surface area is 137 Å². The Morgan fingerprint density at radius 1 is 1.04 bits per heavy atom. The van der Waals surface area contributed by atoms with Crippen LogP contribution >= 0.6 is 0 Å². The van der Waals surface area contributed by atoms with Gasteiger partial charge in [-0.2, -0.15) is 0 Å². The third-order valence-electron chi connectivity index (χ3n) is 5.02. The molecule has 0 spiro atoms. The molecule has 2 fully saturated rings. The summed E-state index contributed by atoms with van der Waals surface area (Å²) in [7, 11) is 0. The maximum Gasteiger partial charge on any atom is 0.253 e. The highest BCUT2D eigenvalue weighted by molar-refractivity contribution is 5.94. The van der Waals surface area contributed by atoms with Gasteiger partial charge in [0.05, 0.1) is 0 Å². The minimum absolute atomic E-state index is 0.0452. The molecule has 0 aliphatic carbocycles. The number of hydrogen-bond acceptors (Lipinski definition) is 3. The lowest BCUT2D eigenvalue weighted by molar-refractivity contribution is -0.138. The van der Waals surface area contributed by atoms with Gasteiger partial charge in [-0.3, -0.25) is 14.5 Å². The number of carbonyl (C=O) groups is 2. The monoisotopic (exact) mass is 315 g/mol. The van der Waals surface area contributed by atoms with E-state index >= 15 is 0 Å². The number of piperazine rings is 2. The van der Waals surface area contributed by atoms with Crippen LogP contribution in [0.25, 0.3) is 0 Å². The zero-order valence-corrected chi connectivity index (χ0v) is 14.2. The molecule has 1 atom stereocenters. The van der Waals surface area contributed by atoms with Crippen LogP contribution in [0, 0.1) is 0 Å². The van der Waals surface area contributed by atoms with Gasteiger partial charge >= 0.3 is 0 Å². The van der Waals surface area contributed by atoms with E-state index < -0.39 is 0 Å². The van der Waals surface area contributed by atoms with Crippen LogP contribution in [0.2, 0.25) is 0 Å². The minimum Gasteiger partial charge on any atom is -0.339 e. The van der Waals surface area contributed by atoms with Crippen molar-refractivity contribution < 1.29 is 9.59 Å². The van der Waals surface area contributed by atoms with E-state index in [-0.39, 0.29) is 23.4 Å². The summed E-state index contributed by atoms with van der Waals surface area (Å²) >= 11 is 0. The Balaban J connectivity index is 1.76. The third-order valence-corrected chi connectivity index (χ3v) is 5.02. The minimum atomic E-state index is -0.0452. The van der Waals surface area contributed by atoms with E-state index in [9.17, 15) is 9.59 Å². The van der Waals surface area contributed by atoms with E-state index in [4.69, 9.17) is 0 Å². The highest BCUT2D eigenvalue weighted by Crippen LogP contribution is 2.28. The van der Waals surface area contributed by atoms with Gasteiger partial charge in [-0.25, -0.2) is 0 Å². The maximum atomic E-state index is 12.7. The molecule has 1 aromatic carbocycles. The number of carbonyl (C=O) groups excluding carboxylic acids is 2. The summed E-state index contributed by atoms with van der Waals surface area (Å²) in [6, 6.07) is 9.64. The molecule has 1 aromatic rings. The molecule has 0 bridgehead atoms. The second-order valence-corrected chi connectivity index (χ2v) is 7.18. The van der Waals surface area contributed by atoms with Crippen molar-refractivity contribution in [1.29, 1.82) is 0 Å². The van der Waals surface area contributed by atoms with Gasteiger partial charge in [0, 0.05) is 56.8 Å². The van der Waals surface area contributed by atoms with Crippen molar-refractivity contribution in [3.8, 4) is 0 Å².